The van der Waals surface area contributed by atoms with Gasteiger partial charge in [-0.15, -0.1) is 17.0 Å². The quantitative estimate of drug-likeness (QED) is 0.496. The van der Waals surface area contributed by atoms with Crippen LogP contribution in [0.1, 0.15) is 46.0 Å². The van der Waals surface area contributed by atoms with Crippen LogP contribution in [0.25, 0.3) is 0 Å². The molecule has 0 heterocycles. The van der Waals surface area contributed by atoms with Crippen LogP contribution in [-0.2, 0) is 4.79 Å². The van der Waals surface area contributed by atoms with Gasteiger partial charge in [0.25, 0.3) is 0 Å². The summed E-state index contributed by atoms with van der Waals surface area (Å²) >= 11 is 0. The van der Waals surface area contributed by atoms with E-state index in [1.54, 1.807) is 6.92 Å². The van der Waals surface area contributed by atoms with Crippen molar-refractivity contribution in [3.05, 3.63) is 12.2 Å². The van der Waals surface area contributed by atoms with E-state index in [1.165, 1.54) is 25.7 Å². The van der Waals surface area contributed by atoms with Crippen molar-refractivity contribution in [3.63, 3.8) is 0 Å². The van der Waals surface area contributed by atoms with E-state index in [0.29, 0.717) is 5.57 Å². The van der Waals surface area contributed by atoms with Gasteiger partial charge in [0.15, 0.2) is 0 Å². The lowest BCUT2D eigenvalue weighted by Crippen LogP contribution is -2.27. The summed E-state index contributed by atoms with van der Waals surface area (Å²) in [6.45, 7) is 10.0. The molecule has 5 heteroatoms. The Labute approximate surface area is 135 Å². The topological polar surface area (TPSA) is 58.4 Å². The minimum Gasteiger partial charge on any atom is -0.352 e. The molecule has 0 radical (unpaired) electrons. The Hall–Kier alpha value is -0.390. The molecule has 0 aromatic rings. The lowest BCUT2D eigenvalue weighted by Gasteiger charge is -2.09. The molecule has 0 bridgehead atoms. The fraction of sp³-hybridized carbons (Fsp3) is 0.800. The Balaban J connectivity index is -0.000000312. The number of rotatable bonds is 9. The van der Waals surface area contributed by atoms with E-state index in [4.69, 9.17) is 5.73 Å². The molecule has 1 amide bonds. The molecule has 0 atom stereocenters. The molecule has 0 saturated heterocycles. The van der Waals surface area contributed by atoms with Gasteiger partial charge in [0, 0.05) is 12.1 Å². The maximum absolute atomic E-state index is 11.0. The van der Waals surface area contributed by atoms with Crippen LogP contribution >= 0.6 is 17.0 Å². The van der Waals surface area contributed by atoms with Crippen molar-refractivity contribution in [1.82, 2.24) is 10.2 Å². The first-order valence-corrected chi connectivity index (χ1v) is 7.24. The molecule has 122 valence electrons. The number of nitrogens with two attached hydrogens (primary N) is 1. The van der Waals surface area contributed by atoms with Gasteiger partial charge in [-0.3, -0.25) is 4.79 Å². The van der Waals surface area contributed by atoms with E-state index >= 15 is 0 Å². The minimum absolute atomic E-state index is 0. The molecule has 0 fully saturated rings. The van der Waals surface area contributed by atoms with E-state index in [-0.39, 0.29) is 22.9 Å². The third kappa shape index (κ3) is 22.8. The third-order valence-corrected chi connectivity index (χ3v) is 2.51. The number of hydrogen-bond acceptors (Lipinski definition) is 3. The van der Waals surface area contributed by atoms with Crippen LogP contribution in [-0.4, -0.2) is 44.5 Å². The average Bonchev–Trinajstić information content (AvgIpc) is 2.35. The van der Waals surface area contributed by atoms with Gasteiger partial charge in [0.2, 0.25) is 5.91 Å². The molecule has 0 rings (SSSR count). The van der Waals surface area contributed by atoms with Crippen LogP contribution in [0.3, 0.4) is 0 Å². The predicted molar refractivity (Wildman–Crippen MR) is 94.5 cm³/mol. The summed E-state index contributed by atoms with van der Waals surface area (Å²) in [5.74, 6) is -0.0474. The van der Waals surface area contributed by atoms with Gasteiger partial charge in [-0.2, -0.15) is 0 Å². The second-order valence-corrected chi connectivity index (χ2v) is 5.04. The largest absolute Gasteiger partial charge is 0.352 e. The molecule has 0 unspecified atom stereocenters. The van der Waals surface area contributed by atoms with Gasteiger partial charge in [-0.05, 0) is 47.0 Å². The predicted octanol–water partition coefficient (Wildman–Crippen LogP) is 2.73. The summed E-state index contributed by atoms with van der Waals surface area (Å²) in [6.07, 6.45) is 6.14. The highest BCUT2D eigenvalue weighted by molar-refractivity contribution is 8.93. The fourth-order valence-electron chi connectivity index (χ4n) is 1.32. The molecule has 0 aliphatic carbocycles. The number of nitrogens with zero attached hydrogens (tertiary/aromatic N) is 1. The highest BCUT2D eigenvalue weighted by atomic mass is 79.9. The highest BCUT2D eigenvalue weighted by Crippen LogP contribution is 1.95. The van der Waals surface area contributed by atoms with Crippen molar-refractivity contribution >= 4 is 22.9 Å². The zero-order valence-corrected chi connectivity index (χ0v) is 15.4. The Morgan fingerprint density at radius 2 is 1.80 bits per heavy atom. The Kier molecular flexibility index (Phi) is 22.9. The van der Waals surface area contributed by atoms with Crippen LogP contribution in [0, 0.1) is 0 Å². The molecular formula is C15H34BrN3O. The van der Waals surface area contributed by atoms with Crippen LogP contribution in [0.2, 0.25) is 0 Å². The average molecular weight is 352 g/mol. The van der Waals surface area contributed by atoms with Gasteiger partial charge in [0.1, 0.15) is 0 Å². The molecular weight excluding hydrogens is 318 g/mol. The summed E-state index contributed by atoms with van der Waals surface area (Å²) in [5.41, 5.74) is 5.84. The Morgan fingerprint density at radius 1 is 1.20 bits per heavy atom. The normalized spacial score (nSPS) is 9.30. The van der Waals surface area contributed by atoms with E-state index in [2.05, 4.69) is 23.7 Å². The van der Waals surface area contributed by atoms with Crippen molar-refractivity contribution in [3.8, 4) is 0 Å². The van der Waals surface area contributed by atoms with Crippen molar-refractivity contribution < 1.29 is 4.79 Å². The van der Waals surface area contributed by atoms with Crippen molar-refractivity contribution in [2.75, 3.05) is 33.7 Å². The van der Waals surface area contributed by atoms with Crippen LogP contribution in [0.5, 0.6) is 0 Å². The number of hydrogen-bond donors (Lipinski definition) is 2. The first-order valence-electron chi connectivity index (χ1n) is 7.24. The second-order valence-electron chi connectivity index (χ2n) is 5.04. The lowest BCUT2D eigenvalue weighted by atomic mass is 10.2. The van der Waals surface area contributed by atoms with Crippen LogP contribution in [0.4, 0.5) is 0 Å². The first kappa shape index (κ1) is 24.6. The zero-order valence-electron chi connectivity index (χ0n) is 13.7. The summed E-state index contributed by atoms with van der Waals surface area (Å²) in [6, 6.07) is 0. The molecule has 0 spiro atoms. The molecule has 0 aliphatic heterocycles. The second kappa shape index (κ2) is 18.6. The SMILES string of the molecule is Br.C=C(C)C(=O)NCCCN(C)C.CCCCCCN. The molecule has 0 aliphatic rings. The zero-order chi connectivity index (χ0) is 15.1. The number of carbonyl (C=O) groups is 1. The van der Waals surface area contributed by atoms with Crippen LogP contribution < -0.4 is 11.1 Å². The van der Waals surface area contributed by atoms with Gasteiger partial charge < -0.3 is 16.0 Å². The highest BCUT2D eigenvalue weighted by Gasteiger charge is 1.99. The lowest BCUT2D eigenvalue weighted by molar-refractivity contribution is -0.117. The van der Waals surface area contributed by atoms with Crippen molar-refractivity contribution in [2.24, 2.45) is 5.73 Å². The van der Waals surface area contributed by atoms with E-state index in [0.717, 1.165) is 26.1 Å². The summed E-state index contributed by atoms with van der Waals surface area (Å²) in [5, 5.41) is 2.77. The van der Waals surface area contributed by atoms with Gasteiger partial charge in [-0.25, -0.2) is 0 Å². The summed E-state index contributed by atoms with van der Waals surface area (Å²) < 4.78 is 0. The molecule has 0 saturated carbocycles. The van der Waals surface area contributed by atoms with Crippen molar-refractivity contribution in [2.45, 2.75) is 46.0 Å². The number of halogens is 1. The number of nitrogens with one attached hydrogen (secondary N) is 1. The fourth-order valence-corrected chi connectivity index (χ4v) is 1.32. The molecule has 0 aromatic heterocycles. The van der Waals surface area contributed by atoms with E-state index < -0.39 is 0 Å². The monoisotopic (exact) mass is 351 g/mol. The number of amides is 1. The smallest absolute Gasteiger partial charge is 0.246 e. The maximum Gasteiger partial charge on any atom is 0.246 e. The van der Waals surface area contributed by atoms with Gasteiger partial charge >= 0.3 is 0 Å². The standard InChI is InChI=1S/C9H18N2O.C6H15N.BrH/c1-8(2)9(12)10-6-5-7-11(3)4;1-2-3-4-5-6-7;/h1,5-7H2,2-4H3,(H,10,12);2-7H2,1H3;1H. The van der Waals surface area contributed by atoms with Gasteiger partial charge in [-0.1, -0.05) is 32.8 Å². The van der Waals surface area contributed by atoms with Crippen molar-refractivity contribution in [1.29, 1.82) is 0 Å². The first-order chi connectivity index (χ1) is 8.95. The minimum atomic E-state index is -0.0474. The van der Waals surface area contributed by atoms with Crippen LogP contribution in [0.15, 0.2) is 12.2 Å². The molecule has 0 aromatic carbocycles. The number of carbonyl (C=O) groups excluding carboxylic acids is 1. The molecule has 20 heavy (non-hydrogen) atoms. The Bertz CT molecular complexity index is 229. The van der Waals surface area contributed by atoms with E-state index in [1.807, 2.05) is 14.1 Å². The Morgan fingerprint density at radius 3 is 2.20 bits per heavy atom. The third-order valence-electron chi connectivity index (χ3n) is 2.51. The van der Waals surface area contributed by atoms with E-state index in [9.17, 15) is 4.79 Å². The molecule has 4 nitrogen and oxygen atoms in total. The number of unbranched alkanes of at least 4 members (excludes halogenated alkanes) is 3. The van der Waals surface area contributed by atoms with Gasteiger partial charge in [0.05, 0.1) is 0 Å². The summed E-state index contributed by atoms with van der Waals surface area (Å²) in [7, 11) is 4.03. The maximum atomic E-state index is 11.0. The molecule has 3 N–H and O–H groups in total. The summed E-state index contributed by atoms with van der Waals surface area (Å²) in [4.78, 5) is 13.1.